The van der Waals surface area contributed by atoms with Crippen LogP contribution in [0.2, 0.25) is 0 Å². The second-order valence-corrected chi connectivity index (χ2v) is 7.55. The van der Waals surface area contributed by atoms with Gasteiger partial charge in [-0.3, -0.25) is 0 Å². The van der Waals surface area contributed by atoms with Gasteiger partial charge in [0.05, 0.1) is 6.67 Å². The molecule has 0 N–H and O–H groups in total. The number of aryl methyl sites for hydroxylation is 1. The number of nitrogens with zero attached hydrogens (tertiary/aromatic N) is 2. The van der Waals surface area contributed by atoms with Gasteiger partial charge in [0.2, 0.25) is 0 Å². The van der Waals surface area contributed by atoms with E-state index in [0.717, 1.165) is 19.8 Å². The van der Waals surface area contributed by atoms with Crippen molar-refractivity contribution in [3.63, 3.8) is 0 Å². The van der Waals surface area contributed by atoms with Crippen molar-refractivity contribution in [2.45, 2.75) is 46.5 Å². The largest absolute Gasteiger partial charge is 0.352 e. The summed E-state index contributed by atoms with van der Waals surface area (Å²) < 4.78 is 0. The van der Waals surface area contributed by atoms with Gasteiger partial charge in [0.15, 0.2) is 0 Å². The van der Waals surface area contributed by atoms with Crippen LogP contribution in [0.4, 0.5) is 11.4 Å². The Morgan fingerprint density at radius 3 is 1.92 bits per heavy atom. The first-order valence-electron chi connectivity index (χ1n) is 9.17. The van der Waals surface area contributed by atoms with E-state index in [2.05, 4.69) is 86.9 Å². The van der Waals surface area contributed by atoms with Crippen molar-refractivity contribution in [2.75, 3.05) is 29.6 Å². The van der Waals surface area contributed by atoms with Crippen molar-refractivity contribution in [1.29, 1.82) is 0 Å². The van der Waals surface area contributed by atoms with Gasteiger partial charge in [0.25, 0.3) is 0 Å². The summed E-state index contributed by atoms with van der Waals surface area (Å²) in [6.45, 7) is 14.6. The minimum absolute atomic E-state index is 0.547. The lowest BCUT2D eigenvalue weighted by Gasteiger charge is -2.29. The lowest BCUT2D eigenvalue weighted by atomic mass is 9.92. The number of benzene rings is 2. The van der Waals surface area contributed by atoms with Crippen LogP contribution in [0.25, 0.3) is 0 Å². The van der Waals surface area contributed by atoms with Gasteiger partial charge in [-0.1, -0.05) is 64.1 Å². The quantitative estimate of drug-likeness (QED) is 0.730. The molecule has 2 aromatic rings. The second-order valence-electron chi connectivity index (χ2n) is 7.55. The molecule has 1 saturated heterocycles. The summed E-state index contributed by atoms with van der Waals surface area (Å²) >= 11 is 0. The molecule has 0 bridgehead atoms. The van der Waals surface area contributed by atoms with Gasteiger partial charge in [-0.05, 0) is 41.5 Å². The van der Waals surface area contributed by atoms with Gasteiger partial charge >= 0.3 is 0 Å². The second kappa shape index (κ2) is 6.88. The molecule has 128 valence electrons. The molecule has 1 heterocycles. The molecule has 0 aliphatic carbocycles. The summed E-state index contributed by atoms with van der Waals surface area (Å²) in [7, 11) is 0. The Kier molecular flexibility index (Phi) is 4.84. The summed E-state index contributed by atoms with van der Waals surface area (Å²) in [6, 6.07) is 15.6. The maximum Gasteiger partial charge on any atom is 0.0904 e. The lowest BCUT2D eigenvalue weighted by Crippen LogP contribution is -2.27. The van der Waals surface area contributed by atoms with Gasteiger partial charge in [-0.25, -0.2) is 0 Å². The highest BCUT2D eigenvalue weighted by Crippen LogP contribution is 2.37. The predicted molar refractivity (Wildman–Crippen MR) is 105 cm³/mol. The third kappa shape index (κ3) is 3.15. The highest BCUT2D eigenvalue weighted by atomic mass is 15.4. The minimum atomic E-state index is 0.547. The van der Waals surface area contributed by atoms with E-state index in [1.165, 1.54) is 28.1 Å². The fraction of sp³-hybridized carbons (Fsp3) is 0.455. The summed E-state index contributed by atoms with van der Waals surface area (Å²) in [6.07, 6.45) is 0. The fourth-order valence-electron chi connectivity index (χ4n) is 3.76. The molecule has 1 aliphatic rings. The minimum Gasteiger partial charge on any atom is -0.352 e. The summed E-state index contributed by atoms with van der Waals surface area (Å²) in [4.78, 5) is 5.09. The van der Waals surface area contributed by atoms with Gasteiger partial charge in [0.1, 0.15) is 0 Å². The monoisotopic (exact) mass is 322 g/mol. The topological polar surface area (TPSA) is 6.48 Å². The summed E-state index contributed by atoms with van der Waals surface area (Å²) in [5.41, 5.74) is 7.16. The van der Waals surface area contributed by atoms with Crippen LogP contribution in [0.3, 0.4) is 0 Å². The standard InChI is InChI=1S/C22H30N2/c1-16(2)19-10-8-11-20(17(3)4)22(19)24-14-13-23(15-24)21-12-7-6-9-18(21)5/h6-12,16-17H,13-15H2,1-5H3. The van der Waals surface area contributed by atoms with Crippen LogP contribution < -0.4 is 9.80 Å². The Hall–Kier alpha value is -1.96. The first-order valence-corrected chi connectivity index (χ1v) is 9.17. The van der Waals surface area contributed by atoms with E-state index in [9.17, 15) is 0 Å². The number of hydrogen-bond donors (Lipinski definition) is 0. The molecule has 1 aliphatic heterocycles. The zero-order valence-corrected chi connectivity index (χ0v) is 15.7. The molecule has 3 rings (SSSR count). The first kappa shape index (κ1) is 16.9. The molecule has 24 heavy (non-hydrogen) atoms. The average molecular weight is 322 g/mol. The Balaban J connectivity index is 1.95. The molecule has 0 aromatic heterocycles. The maximum absolute atomic E-state index is 2.58. The Labute approximate surface area is 147 Å². The van der Waals surface area contributed by atoms with E-state index in [-0.39, 0.29) is 0 Å². The van der Waals surface area contributed by atoms with Crippen molar-refractivity contribution in [1.82, 2.24) is 0 Å². The Bertz CT molecular complexity index is 677. The summed E-state index contributed by atoms with van der Waals surface area (Å²) in [5, 5.41) is 0. The van der Waals surface area contributed by atoms with E-state index in [4.69, 9.17) is 0 Å². The fourth-order valence-corrected chi connectivity index (χ4v) is 3.76. The molecular formula is C22H30N2. The van der Waals surface area contributed by atoms with E-state index in [1.54, 1.807) is 0 Å². The zero-order chi connectivity index (χ0) is 17.3. The molecule has 1 fully saturated rings. The van der Waals surface area contributed by atoms with Gasteiger partial charge in [-0.2, -0.15) is 0 Å². The summed E-state index contributed by atoms with van der Waals surface area (Å²) in [5.74, 6) is 1.09. The van der Waals surface area contributed by atoms with E-state index < -0.39 is 0 Å². The van der Waals surface area contributed by atoms with Crippen molar-refractivity contribution in [2.24, 2.45) is 0 Å². The zero-order valence-electron chi connectivity index (χ0n) is 15.7. The van der Waals surface area contributed by atoms with Crippen LogP contribution in [0.5, 0.6) is 0 Å². The number of anilines is 2. The van der Waals surface area contributed by atoms with Crippen molar-refractivity contribution < 1.29 is 0 Å². The number of hydrogen-bond acceptors (Lipinski definition) is 2. The number of rotatable bonds is 4. The van der Waals surface area contributed by atoms with Crippen LogP contribution in [0, 0.1) is 6.92 Å². The molecule has 2 nitrogen and oxygen atoms in total. The van der Waals surface area contributed by atoms with Crippen molar-refractivity contribution in [3.8, 4) is 0 Å². The SMILES string of the molecule is Cc1ccccc1N1CCN(c2c(C(C)C)cccc2C(C)C)C1. The van der Waals surface area contributed by atoms with Gasteiger partial charge < -0.3 is 9.80 Å². The molecule has 0 amide bonds. The van der Waals surface area contributed by atoms with Crippen LogP contribution in [0.1, 0.15) is 56.2 Å². The van der Waals surface area contributed by atoms with Crippen LogP contribution in [-0.4, -0.2) is 19.8 Å². The molecule has 0 unspecified atom stereocenters. The Morgan fingerprint density at radius 1 is 0.750 bits per heavy atom. The lowest BCUT2D eigenvalue weighted by molar-refractivity contribution is 0.808. The Morgan fingerprint density at radius 2 is 1.33 bits per heavy atom. The van der Waals surface area contributed by atoms with E-state index in [1.807, 2.05) is 0 Å². The first-order chi connectivity index (χ1) is 11.5. The molecule has 0 atom stereocenters. The third-order valence-corrected chi connectivity index (χ3v) is 5.10. The van der Waals surface area contributed by atoms with E-state index >= 15 is 0 Å². The average Bonchev–Trinajstić information content (AvgIpc) is 3.03. The van der Waals surface area contributed by atoms with Crippen molar-refractivity contribution in [3.05, 3.63) is 59.2 Å². The molecule has 0 spiro atoms. The molecule has 0 radical (unpaired) electrons. The van der Waals surface area contributed by atoms with Crippen LogP contribution in [0.15, 0.2) is 42.5 Å². The van der Waals surface area contributed by atoms with E-state index in [0.29, 0.717) is 11.8 Å². The molecular weight excluding hydrogens is 292 g/mol. The molecule has 2 aromatic carbocycles. The molecule has 2 heteroatoms. The van der Waals surface area contributed by atoms with Crippen LogP contribution in [-0.2, 0) is 0 Å². The highest BCUT2D eigenvalue weighted by molar-refractivity contribution is 5.65. The van der Waals surface area contributed by atoms with Gasteiger partial charge in [-0.15, -0.1) is 0 Å². The smallest absolute Gasteiger partial charge is 0.0904 e. The normalized spacial score (nSPS) is 15.0. The molecule has 0 saturated carbocycles. The van der Waals surface area contributed by atoms with Crippen LogP contribution >= 0.6 is 0 Å². The van der Waals surface area contributed by atoms with Crippen molar-refractivity contribution >= 4 is 11.4 Å². The third-order valence-electron chi connectivity index (χ3n) is 5.10. The predicted octanol–water partition coefficient (Wildman–Crippen LogP) is 5.53. The maximum atomic E-state index is 2.58. The van der Waals surface area contributed by atoms with Gasteiger partial charge in [0, 0.05) is 24.5 Å². The number of para-hydroxylation sites is 2. The highest BCUT2D eigenvalue weighted by Gasteiger charge is 2.26.